The van der Waals surface area contributed by atoms with Gasteiger partial charge in [-0.2, -0.15) is 0 Å². The first-order valence-electron chi connectivity index (χ1n) is 8.58. The summed E-state index contributed by atoms with van der Waals surface area (Å²) in [6.45, 7) is 3.89. The molecule has 9 heteroatoms. The van der Waals surface area contributed by atoms with Crippen molar-refractivity contribution < 1.29 is 22.0 Å². The van der Waals surface area contributed by atoms with Gasteiger partial charge in [-0.1, -0.05) is 11.6 Å². The van der Waals surface area contributed by atoms with Gasteiger partial charge < -0.3 is 9.73 Å². The molecule has 0 bridgehead atoms. The van der Waals surface area contributed by atoms with Crippen LogP contribution in [0.15, 0.2) is 57.8 Å². The molecule has 1 heterocycles. The van der Waals surface area contributed by atoms with Gasteiger partial charge in [-0.15, -0.1) is 0 Å². The highest BCUT2D eigenvalue weighted by atomic mass is 35.5. The smallest absolute Gasteiger partial charge is 0.261 e. The predicted molar refractivity (Wildman–Crippen MR) is 108 cm³/mol. The van der Waals surface area contributed by atoms with E-state index in [9.17, 15) is 17.6 Å². The summed E-state index contributed by atoms with van der Waals surface area (Å²) in [6, 6.07) is 10.4. The Morgan fingerprint density at radius 1 is 1.10 bits per heavy atom. The van der Waals surface area contributed by atoms with E-state index in [1.807, 2.05) is 13.0 Å². The number of halogens is 2. The highest BCUT2D eigenvalue weighted by Gasteiger charge is 2.18. The number of rotatable bonds is 6. The number of hydrogen-bond donors (Lipinski definition) is 2. The summed E-state index contributed by atoms with van der Waals surface area (Å²) in [7, 11) is -4.00. The zero-order valence-corrected chi connectivity index (χ0v) is 17.2. The van der Waals surface area contributed by atoms with E-state index in [1.165, 1.54) is 18.2 Å². The number of benzene rings is 2. The van der Waals surface area contributed by atoms with Crippen molar-refractivity contribution in [1.29, 1.82) is 0 Å². The van der Waals surface area contributed by atoms with Gasteiger partial charge in [0.25, 0.3) is 15.9 Å². The fourth-order valence-electron chi connectivity index (χ4n) is 2.70. The van der Waals surface area contributed by atoms with Crippen molar-refractivity contribution >= 4 is 33.2 Å². The fourth-order valence-corrected chi connectivity index (χ4v) is 3.99. The summed E-state index contributed by atoms with van der Waals surface area (Å²) >= 11 is 6.09. The summed E-state index contributed by atoms with van der Waals surface area (Å²) < 4.78 is 45.8. The summed E-state index contributed by atoms with van der Waals surface area (Å²) in [5, 5.41) is 2.87. The van der Waals surface area contributed by atoms with Crippen LogP contribution in [0.1, 0.15) is 27.4 Å². The van der Waals surface area contributed by atoms with Gasteiger partial charge in [0.1, 0.15) is 17.3 Å². The number of carbonyl (C=O) groups is 1. The monoisotopic (exact) mass is 436 g/mol. The Morgan fingerprint density at radius 3 is 2.41 bits per heavy atom. The Hall–Kier alpha value is -2.84. The van der Waals surface area contributed by atoms with Crippen molar-refractivity contribution in [3.63, 3.8) is 0 Å². The van der Waals surface area contributed by atoms with Crippen LogP contribution in [0, 0.1) is 19.7 Å². The first kappa shape index (κ1) is 20.9. The lowest BCUT2D eigenvalue weighted by Crippen LogP contribution is -2.23. The van der Waals surface area contributed by atoms with E-state index in [4.69, 9.17) is 16.0 Å². The van der Waals surface area contributed by atoms with Gasteiger partial charge >= 0.3 is 0 Å². The van der Waals surface area contributed by atoms with E-state index in [-0.39, 0.29) is 27.7 Å². The van der Waals surface area contributed by atoms with Crippen LogP contribution < -0.4 is 10.0 Å². The molecule has 0 fully saturated rings. The number of amides is 1. The number of hydrogen-bond acceptors (Lipinski definition) is 4. The number of aryl methyl sites for hydroxylation is 2. The van der Waals surface area contributed by atoms with E-state index in [0.29, 0.717) is 5.76 Å². The third-order valence-electron chi connectivity index (χ3n) is 4.18. The molecule has 0 spiro atoms. The van der Waals surface area contributed by atoms with Crippen LogP contribution in [0.4, 0.5) is 10.1 Å². The average Bonchev–Trinajstić information content (AvgIpc) is 2.99. The molecule has 1 amide bonds. The molecular formula is C20H18ClFN2O4S. The molecule has 1 aromatic heterocycles. The normalized spacial score (nSPS) is 11.3. The maximum Gasteiger partial charge on any atom is 0.261 e. The van der Waals surface area contributed by atoms with Gasteiger partial charge in [-0.3, -0.25) is 9.52 Å². The predicted octanol–water partition coefficient (Wildman–Crippen LogP) is 4.42. The molecule has 0 saturated carbocycles. The number of anilines is 1. The van der Waals surface area contributed by atoms with Crippen LogP contribution in [0.2, 0.25) is 5.02 Å². The maximum absolute atomic E-state index is 13.0. The Labute approximate surface area is 172 Å². The number of carbonyl (C=O) groups excluding carboxylic acids is 1. The summed E-state index contributed by atoms with van der Waals surface area (Å²) in [5.41, 5.74) is 1.12. The quantitative estimate of drug-likeness (QED) is 0.598. The molecule has 2 N–H and O–H groups in total. The zero-order valence-electron chi connectivity index (χ0n) is 15.6. The molecule has 3 rings (SSSR count). The number of sulfonamides is 1. The van der Waals surface area contributed by atoms with E-state index in [1.54, 1.807) is 6.92 Å². The first-order chi connectivity index (χ1) is 13.7. The second kappa shape index (κ2) is 8.26. The number of furan rings is 1. The maximum atomic E-state index is 13.0. The van der Waals surface area contributed by atoms with Gasteiger partial charge in [0.2, 0.25) is 0 Å². The molecule has 0 aliphatic carbocycles. The second-order valence-corrected chi connectivity index (χ2v) is 8.46. The van der Waals surface area contributed by atoms with Crippen LogP contribution in [0.25, 0.3) is 0 Å². The lowest BCUT2D eigenvalue weighted by molar-refractivity contribution is 0.0951. The molecule has 29 heavy (non-hydrogen) atoms. The van der Waals surface area contributed by atoms with Crippen molar-refractivity contribution in [3.05, 3.63) is 82.0 Å². The van der Waals surface area contributed by atoms with Crippen molar-refractivity contribution in [2.45, 2.75) is 25.3 Å². The minimum Gasteiger partial charge on any atom is -0.466 e. The van der Waals surface area contributed by atoms with Crippen LogP contribution in [-0.4, -0.2) is 14.3 Å². The van der Waals surface area contributed by atoms with E-state index < -0.39 is 21.7 Å². The van der Waals surface area contributed by atoms with Crippen LogP contribution in [0.3, 0.4) is 0 Å². The van der Waals surface area contributed by atoms with Gasteiger partial charge in [-0.25, -0.2) is 12.8 Å². The summed E-state index contributed by atoms with van der Waals surface area (Å²) in [5.74, 6) is 0.508. The molecule has 152 valence electrons. The van der Waals surface area contributed by atoms with Gasteiger partial charge in [0.15, 0.2) is 0 Å². The lowest BCUT2D eigenvalue weighted by Gasteiger charge is -2.12. The van der Waals surface area contributed by atoms with Crippen LogP contribution in [-0.2, 0) is 16.6 Å². The molecule has 0 aliphatic heterocycles. The molecule has 2 aromatic carbocycles. The fraction of sp³-hybridized carbons (Fsp3) is 0.150. The van der Waals surface area contributed by atoms with E-state index in [0.717, 1.165) is 35.6 Å². The van der Waals surface area contributed by atoms with Gasteiger partial charge in [0, 0.05) is 17.7 Å². The van der Waals surface area contributed by atoms with Gasteiger partial charge in [-0.05, 0) is 62.4 Å². The second-order valence-electron chi connectivity index (χ2n) is 6.38. The Kier molecular flexibility index (Phi) is 5.95. The van der Waals surface area contributed by atoms with Crippen LogP contribution >= 0.6 is 11.6 Å². The molecule has 0 unspecified atom stereocenters. The van der Waals surface area contributed by atoms with Crippen molar-refractivity contribution in [1.82, 2.24) is 5.32 Å². The Morgan fingerprint density at radius 2 is 1.79 bits per heavy atom. The largest absolute Gasteiger partial charge is 0.466 e. The van der Waals surface area contributed by atoms with E-state index >= 15 is 0 Å². The third-order valence-corrected chi connectivity index (χ3v) is 5.89. The minimum atomic E-state index is -4.00. The Balaban J connectivity index is 1.77. The molecule has 0 atom stereocenters. The van der Waals surface area contributed by atoms with E-state index in [2.05, 4.69) is 10.0 Å². The molecule has 6 nitrogen and oxygen atoms in total. The van der Waals surface area contributed by atoms with Gasteiger partial charge in [0.05, 0.1) is 15.6 Å². The topological polar surface area (TPSA) is 88.4 Å². The third kappa shape index (κ3) is 4.96. The summed E-state index contributed by atoms with van der Waals surface area (Å²) in [4.78, 5) is 12.3. The average molecular weight is 437 g/mol. The molecular weight excluding hydrogens is 419 g/mol. The summed E-state index contributed by atoms with van der Waals surface area (Å²) in [6.07, 6.45) is 0. The van der Waals surface area contributed by atoms with Crippen molar-refractivity contribution in [3.8, 4) is 0 Å². The molecule has 3 aromatic rings. The Bertz CT molecular complexity index is 1160. The van der Waals surface area contributed by atoms with Crippen molar-refractivity contribution in [2.75, 3.05) is 4.72 Å². The molecule has 0 saturated heterocycles. The van der Waals surface area contributed by atoms with Crippen molar-refractivity contribution in [2.24, 2.45) is 0 Å². The standard InChI is InChI=1S/C20H18ClFN2O4S/c1-12-9-15(13(2)28-12)11-23-20(25)14-3-8-18(21)19(10-14)24-29(26,27)17-6-4-16(22)5-7-17/h3-10,24H,11H2,1-2H3,(H,23,25). The lowest BCUT2D eigenvalue weighted by atomic mass is 10.2. The highest BCUT2D eigenvalue weighted by Crippen LogP contribution is 2.26. The minimum absolute atomic E-state index is 0.0407. The molecule has 0 aliphatic rings. The zero-order chi connectivity index (χ0) is 21.2. The highest BCUT2D eigenvalue weighted by molar-refractivity contribution is 7.92. The first-order valence-corrected chi connectivity index (χ1v) is 10.4. The number of nitrogens with one attached hydrogen (secondary N) is 2. The van der Waals surface area contributed by atoms with Crippen LogP contribution in [0.5, 0.6) is 0 Å². The SMILES string of the molecule is Cc1cc(CNC(=O)c2ccc(Cl)c(NS(=O)(=O)c3ccc(F)cc3)c2)c(C)o1. The molecule has 0 radical (unpaired) electrons.